The molecule has 9 heteroatoms. The number of halogens is 1. The molecule has 0 saturated heterocycles. The van der Waals surface area contributed by atoms with Gasteiger partial charge in [0, 0.05) is 10.4 Å². The molecule has 0 aliphatic carbocycles. The average molecular weight is 333 g/mol. The molecule has 1 rings (SSSR count). The van der Waals surface area contributed by atoms with Crippen LogP contribution in [0, 0.1) is 0 Å². The average Bonchev–Trinajstić information content (AvgIpc) is 2.36. The minimum Gasteiger partial charge on any atom is -0.480 e. The van der Waals surface area contributed by atoms with Crippen LogP contribution in [0.3, 0.4) is 0 Å². The Kier molecular flexibility index (Phi) is 5.89. The molecule has 0 aromatic heterocycles. The van der Waals surface area contributed by atoms with Gasteiger partial charge in [-0.15, -0.1) is 0 Å². The van der Waals surface area contributed by atoms with Crippen LogP contribution in [0.1, 0.15) is 12.0 Å². The van der Waals surface area contributed by atoms with Crippen molar-refractivity contribution >= 4 is 39.6 Å². The molecule has 114 valence electrons. The van der Waals surface area contributed by atoms with Gasteiger partial charge in [0.1, 0.15) is 6.04 Å². The fourth-order valence-corrected chi connectivity index (χ4v) is 2.48. The molecule has 0 saturated carbocycles. The molecule has 1 atom stereocenters. The molecule has 0 radical (unpaired) electrons. The molecule has 0 spiro atoms. The molecular formula is C12H13ClN2O5S. The first-order valence-corrected chi connectivity index (χ1v) is 7.59. The second-order valence-electron chi connectivity index (χ2n) is 4.08. The molecule has 1 aromatic rings. The Bertz CT molecular complexity index is 655. The van der Waals surface area contributed by atoms with Crippen LogP contribution in [0.4, 0.5) is 0 Å². The van der Waals surface area contributed by atoms with Crippen molar-refractivity contribution in [1.82, 2.24) is 4.72 Å². The first-order valence-electron chi connectivity index (χ1n) is 5.67. The first kappa shape index (κ1) is 17.2. The van der Waals surface area contributed by atoms with Crippen molar-refractivity contribution in [2.24, 2.45) is 5.73 Å². The van der Waals surface area contributed by atoms with E-state index < -0.39 is 34.4 Å². The van der Waals surface area contributed by atoms with Crippen LogP contribution in [0.2, 0.25) is 5.02 Å². The van der Waals surface area contributed by atoms with Crippen molar-refractivity contribution < 1.29 is 23.1 Å². The number of nitrogens with one attached hydrogen (secondary N) is 1. The Balaban J connectivity index is 2.82. The molecule has 1 amide bonds. The molecule has 0 fully saturated rings. The van der Waals surface area contributed by atoms with E-state index >= 15 is 0 Å². The molecule has 7 nitrogen and oxygen atoms in total. The lowest BCUT2D eigenvalue weighted by Crippen LogP contribution is -2.42. The number of primary amides is 1. The van der Waals surface area contributed by atoms with E-state index in [2.05, 4.69) is 0 Å². The summed E-state index contributed by atoms with van der Waals surface area (Å²) < 4.78 is 25.3. The summed E-state index contributed by atoms with van der Waals surface area (Å²) in [6.45, 7) is 0. The van der Waals surface area contributed by atoms with Gasteiger partial charge in [0.15, 0.2) is 0 Å². The molecule has 0 bridgehead atoms. The van der Waals surface area contributed by atoms with Crippen molar-refractivity contribution in [3.63, 3.8) is 0 Å². The summed E-state index contributed by atoms with van der Waals surface area (Å²) in [5.41, 5.74) is 5.42. The summed E-state index contributed by atoms with van der Waals surface area (Å²) in [6.07, 6.45) is 0.630. The maximum absolute atomic E-state index is 11.7. The van der Waals surface area contributed by atoms with E-state index in [1.165, 1.54) is 6.08 Å². The van der Waals surface area contributed by atoms with Crippen LogP contribution in [0.5, 0.6) is 0 Å². The van der Waals surface area contributed by atoms with E-state index in [1.807, 2.05) is 4.72 Å². The van der Waals surface area contributed by atoms with Crippen LogP contribution in [-0.2, 0) is 19.6 Å². The smallest absolute Gasteiger partial charge is 0.322 e. The number of carbonyl (C=O) groups excluding carboxylic acids is 1. The number of sulfonamides is 1. The molecule has 0 aliphatic heterocycles. The van der Waals surface area contributed by atoms with E-state index in [0.717, 1.165) is 5.41 Å². The van der Waals surface area contributed by atoms with Gasteiger partial charge >= 0.3 is 5.97 Å². The number of benzene rings is 1. The largest absolute Gasteiger partial charge is 0.480 e. The quantitative estimate of drug-likeness (QED) is 0.672. The van der Waals surface area contributed by atoms with E-state index in [-0.39, 0.29) is 0 Å². The zero-order valence-electron chi connectivity index (χ0n) is 10.7. The minimum absolute atomic E-state index is 0.500. The minimum atomic E-state index is -4.03. The third kappa shape index (κ3) is 6.39. The molecule has 1 aromatic carbocycles. The lowest BCUT2D eigenvalue weighted by molar-refractivity contribution is -0.140. The van der Waals surface area contributed by atoms with Gasteiger partial charge in [0.2, 0.25) is 15.9 Å². The Labute approximate surface area is 126 Å². The molecule has 0 unspecified atom stereocenters. The second kappa shape index (κ2) is 7.21. The Morgan fingerprint density at radius 3 is 2.38 bits per heavy atom. The van der Waals surface area contributed by atoms with Crippen LogP contribution < -0.4 is 10.5 Å². The van der Waals surface area contributed by atoms with Crippen molar-refractivity contribution in [3.05, 3.63) is 40.3 Å². The Morgan fingerprint density at radius 2 is 1.90 bits per heavy atom. The SMILES string of the molecule is NC(=O)C[C@@H](NS(=O)(=O)/C=C/c1ccc(Cl)cc1)C(=O)O. The van der Waals surface area contributed by atoms with Crippen LogP contribution in [-0.4, -0.2) is 31.4 Å². The molecule has 4 N–H and O–H groups in total. The monoisotopic (exact) mass is 332 g/mol. The number of nitrogens with two attached hydrogens (primary N) is 1. The summed E-state index contributed by atoms with van der Waals surface area (Å²) in [5, 5.41) is 10.1. The Morgan fingerprint density at radius 1 is 1.33 bits per heavy atom. The van der Waals surface area contributed by atoms with Crippen LogP contribution >= 0.6 is 11.6 Å². The first-order chi connectivity index (χ1) is 9.69. The number of rotatable bonds is 7. The number of hydrogen-bond acceptors (Lipinski definition) is 4. The van der Waals surface area contributed by atoms with Crippen molar-refractivity contribution in [3.8, 4) is 0 Å². The summed E-state index contributed by atoms with van der Waals surface area (Å²) in [5.74, 6) is -2.41. The van der Waals surface area contributed by atoms with E-state index in [0.29, 0.717) is 10.6 Å². The highest BCUT2D eigenvalue weighted by molar-refractivity contribution is 7.92. The van der Waals surface area contributed by atoms with Gasteiger partial charge in [-0.05, 0) is 23.8 Å². The number of carboxylic acids is 1. The van der Waals surface area contributed by atoms with Gasteiger partial charge in [-0.25, -0.2) is 8.42 Å². The van der Waals surface area contributed by atoms with Gasteiger partial charge < -0.3 is 10.8 Å². The summed E-state index contributed by atoms with van der Waals surface area (Å²) >= 11 is 5.69. The number of carbonyl (C=O) groups is 2. The highest BCUT2D eigenvalue weighted by Gasteiger charge is 2.24. The molecular weight excluding hydrogens is 320 g/mol. The van der Waals surface area contributed by atoms with E-state index in [1.54, 1.807) is 24.3 Å². The zero-order chi connectivity index (χ0) is 16.0. The van der Waals surface area contributed by atoms with Crippen molar-refractivity contribution in [2.75, 3.05) is 0 Å². The second-order valence-corrected chi connectivity index (χ2v) is 6.11. The standard InChI is InChI=1S/C12H13ClN2O5S/c13-9-3-1-8(2-4-9)5-6-21(19,20)15-10(12(17)18)7-11(14)16/h1-6,10,15H,7H2,(H2,14,16)(H,17,18)/b6-5+/t10-/m1/s1. The lowest BCUT2D eigenvalue weighted by atomic mass is 10.2. The van der Waals surface area contributed by atoms with Gasteiger partial charge in [0.25, 0.3) is 0 Å². The number of aliphatic carboxylic acids is 1. The molecule has 0 heterocycles. The van der Waals surface area contributed by atoms with E-state index in [9.17, 15) is 18.0 Å². The fraction of sp³-hybridized carbons (Fsp3) is 0.167. The number of amides is 1. The van der Waals surface area contributed by atoms with Crippen molar-refractivity contribution in [1.29, 1.82) is 0 Å². The summed E-state index contributed by atoms with van der Waals surface area (Å²) in [6, 6.07) is 4.73. The third-order valence-corrected chi connectivity index (χ3v) is 3.68. The highest BCUT2D eigenvalue weighted by Crippen LogP contribution is 2.11. The fourth-order valence-electron chi connectivity index (χ4n) is 1.36. The third-order valence-electron chi connectivity index (χ3n) is 2.32. The predicted octanol–water partition coefficient (Wildman–Crippen LogP) is 0.559. The van der Waals surface area contributed by atoms with Gasteiger partial charge in [-0.1, -0.05) is 23.7 Å². The topological polar surface area (TPSA) is 127 Å². The molecule has 21 heavy (non-hydrogen) atoms. The predicted molar refractivity (Wildman–Crippen MR) is 77.8 cm³/mol. The maximum Gasteiger partial charge on any atom is 0.322 e. The van der Waals surface area contributed by atoms with E-state index in [4.69, 9.17) is 22.4 Å². The highest BCUT2D eigenvalue weighted by atomic mass is 35.5. The van der Waals surface area contributed by atoms with Crippen LogP contribution in [0.15, 0.2) is 29.7 Å². The Hall–Kier alpha value is -1.90. The lowest BCUT2D eigenvalue weighted by Gasteiger charge is -2.10. The van der Waals surface area contributed by atoms with Crippen LogP contribution in [0.25, 0.3) is 6.08 Å². The summed E-state index contributed by atoms with van der Waals surface area (Å²) in [4.78, 5) is 21.6. The van der Waals surface area contributed by atoms with Gasteiger partial charge in [-0.3, -0.25) is 9.59 Å². The maximum atomic E-state index is 11.7. The molecule has 0 aliphatic rings. The number of carboxylic acid groups (broad SMARTS) is 1. The van der Waals surface area contributed by atoms with Gasteiger partial charge in [-0.2, -0.15) is 4.72 Å². The summed E-state index contributed by atoms with van der Waals surface area (Å²) in [7, 11) is -4.03. The zero-order valence-corrected chi connectivity index (χ0v) is 12.3. The normalized spacial score (nSPS) is 13.2. The van der Waals surface area contributed by atoms with Gasteiger partial charge in [0.05, 0.1) is 6.42 Å². The number of hydrogen-bond donors (Lipinski definition) is 3. The van der Waals surface area contributed by atoms with Crippen molar-refractivity contribution in [2.45, 2.75) is 12.5 Å².